The van der Waals surface area contributed by atoms with Crippen molar-refractivity contribution in [1.82, 2.24) is 25.8 Å². The molecule has 0 radical (unpaired) electrons. The van der Waals surface area contributed by atoms with Gasteiger partial charge in [0.15, 0.2) is 0 Å². The van der Waals surface area contributed by atoms with Gasteiger partial charge in [0.25, 0.3) is 5.91 Å². The fourth-order valence-electron chi connectivity index (χ4n) is 5.58. The zero-order chi connectivity index (χ0) is 26.7. The van der Waals surface area contributed by atoms with Gasteiger partial charge in [-0.1, -0.05) is 12.1 Å². The second-order valence-corrected chi connectivity index (χ2v) is 10.2. The Kier molecular flexibility index (Phi) is 6.98. The number of nitrogens with one attached hydrogen (secondary N) is 3. The van der Waals surface area contributed by atoms with Gasteiger partial charge in [0.1, 0.15) is 11.3 Å². The average Bonchev–Trinajstić information content (AvgIpc) is 3.50. The lowest BCUT2D eigenvalue weighted by molar-refractivity contribution is 0.0932. The number of hydrogen-bond acceptors (Lipinski definition) is 8. The van der Waals surface area contributed by atoms with E-state index < -0.39 is 5.54 Å². The highest BCUT2D eigenvalue weighted by molar-refractivity contribution is 5.95. The summed E-state index contributed by atoms with van der Waals surface area (Å²) in [5.41, 5.74) is 4.12. The molecule has 3 N–H and O–H groups in total. The van der Waals surface area contributed by atoms with Crippen molar-refractivity contribution in [2.75, 3.05) is 25.5 Å². The second kappa shape index (κ2) is 10.9. The molecule has 39 heavy (non-hydrogen) atoms. The van der Waals surface area contributed by atoms with Crippen molar-refractivity contribution in [3.05, 3.63) is 89.6 Å². The van der Waals surface area contributed by atoms with E-state index in [9.17, 15) is 4.79 Å². The summed E-state index contributed by atoms with van der Waals surface area (Å²) in [6.07, 6.45) is 7.89. The van der Waals surface area contributed by atoms with Crippen molar-refractivity contribution >= 4 is 11.6 Å². The summed E-state index contributed by atoms with van der Waals surface area (Å²) in [6, 6.07) is 17.4. The number of aromatic nitrogens is 3. The van der Waals surface area contributed by atoms with Crippen molar-refractivity contribution in [2.45, 2.75) is 43.7 Å². The first-order valence-corrected chi connectivity index (χ1v) is 13.4. The number of piperidine rings is 1. The van der Waals surface area contributed by atoms with Crippen LogP contribution in [0.15, 0.2) is 71.4 Å². The summed E-state index contributed by atoms with van der Waals surface area (Å²) in [5.74, 6) is 1.71. The molecular formula is C30H32N6O3. The first kappa shape index (κ1) is 25.1. The van der Waals surface area contributed by atoms with Gasteiger partial charge in [0.05, 0.1) is 13.2 Å². The Labute approximate surface area is 227 Å². The standard InChI is InChI=1S/C30H32N6O3/c1-38-24-9-8-20-4-3-7-26(25(20)19-24)33-27(37)22-5-2-6-23(18-22)34-30(12-16-32-17-13-30)29-36-35-28(39-29)21-10-14-31-15-11-21/h2,5-6,8-11,14-15,18-19,26,32,34H,3-4,7,12-13,16-17H2,1H3,(H,33,37)/t26-/m1/s1. The van der Waals surface area contributed by atoms with Crippen LogP contribution in [0.2, 0.25) is 0 Å². The molecule has 2 aromatic heterocycles. The number of benzene rings is 2. The smallest absolute Gasteiger partial charge is 0.251 e. The molecule has 200 valence electrons. The van der Waals surface area contributed by atoms with Crippen molar-refractivity contribution in [3.63, 3.8) is 0 Å². The van der Waals surface area contributed by atoms with E-state index >= 15 is 0 Å². The van der Waals surface area contributed by atoms with Gasteiger partial charge in [-0.15, -0.1) is 10.2 Å². The predicted molar refractivity (Wildman–Crippen MR) is 148 cm³/mol. The third kappa shape index (κ3) is 5.22. The molecule has 1 amide bonds. The quantitative estimate of drug-likeness (QED) is 0.320. The van der Waals surface area contributed by atoms with Gasteiger partial charge in [0.2, 0.25) is 11.8 Å². The fourth-order valence-corrected chi connectivity index (χ4v) is 5.58. The van der Waals surface area contributed by atoms with E-state index in [0.717, 1.165) is 67.8 Å². The van der Waals surface area contributed by atoms with Crippen LogP contribution in [0.5, 0.6) is 5.75 Å². The molecule has 1 fully saturated rings. The van der Waals surface area contributed by atoms with E-state index in [1.165, 1.54) is 5.56 Å². The molecular weight excluding hydrogens is 492 g/mol. The summed E-state index contributed by atoms with van der Waals surface area (Å²) in [7, 11) is 1.67. The summed E-state index contributed by atoms with van der Waals surface area (Å²) in [4.78, 5) is 17.5. The number of carbonyl (C=O) groups is 1. The van der Waals surface area contributed by atoms with Crippen LogP contribution in [0.25, 0.3) is 11.5 Å². The minimum Gasteiger partial charge on any atom is -0.497 e. The van der Waals surface area contributed by atoms with Gasteiger partial charge < -0.3 is 25.1 Å². The SMILES string of the molecule is COc1ccc2c(c1)[C@H](NC(=O)c1cccc(NC3(c4nnc(-c5ccncc5)o4)CCNCC3)c1)CCC2. The molecule has 9 nitrogen and oxygen atoms in total. The van der Waals surface area contributed by atoms with Crippen LogP contribution >= 0.6 is 0 Å². The van der Waals surface area contributed by atoms with Crippen LogP contribution < -0.4 is 20.7 Å². The number of fused-ring (bicyclic) bond motifs is 1. The van der Waals surface area contributed by atoms with Crippen LogP contribution in [-0.2, 0) is 12.0 Å². The molecule has 9 heteroatoms. The summed E-state index contributed by atoms with van der Waals surface area (Å²) in [6.45, 7) is 1.62. The van der Waals surface area contributed by atoms with E-state index in [1.807, 2.05) is 48.5 Å². The van der Waals surface area contributed by atoms with Crippen molar-refractivity contribution in [3.8, 4) is 17.2 Å². The molecule has 6 rings (SSSR count). The highest BCUT2D eigenvalue weighted by Crippen LogP contribution is 2.36. The maximum atomic E-state index is 13.4. The van der Waals surface area contributed by atoms with Crippen LogP contribution in [0, 0.1) is 0 Å². The lowest BCUT2D eigenvalue weighted by atomic mass is 9.87. The highest BCUT2D eigenvalue weighted by atomic mass is 16.5. The van der Waals surface area contributed by atoms with Gasteiger partial charge in [-0.2, -0.15) is 0 Å². The molecule has 4 aromatic rings. The lowest BCUT2D eigenvalue weighted by Crippen LogP contribution is -2.45. The van der Waals surface area contributed by atoms with E-state index in [1.54, 1.807) is 19.5 Å². The van der Waals surface area contributed by atoms with Gasteiger partial charge in [0, 0.05) is 29.2 Å². The Morgan fingerprint density at radius 2 is 1.92 bits per heavy atom. The summed E-state index contributed by atoms with van der Waals surface area (Å²) in [5, 5.41) is 19.1. The maximum absolute atomic E-state index is 13.4. The molecule has 1 atom stereocenters. The Morgan fingerprint density at radius 3 is 2.74 bits per heavy atom. The average molecular weight is 525 g/mol. The van der Waals surface area contributed by atoms with E-state index in [0.29, 0.717) is 17.3 Å². The largest absolute Gasteiger partial charge is 0.497 e. The van der Waals surface area contributed by atoms with Gasteiger partial charge in [-0.25, -0.2) is 0 Å². The third-order valence-corrected chi connectivity index (χ3v) is 7.70. The topological polar surface area (TPSA) is 114 Å². The minimum absolute atomic E-state index is 0.0475. The van der Waals surface area contributed by atoms with E-state index in [4.69, 9.17) is 9.15 Å². The van der Waals surface area contributed by atoms with Crippen LogP contribution in [-0.4, -0.2) is 41.3 Å². The molecule has 2 aliphatic rings. The van der Waals surface area contributed by atoms with Gasteiger partial charge in [-0.3, -0.25) is 9.78 Å². The van der Waals surface area contributed by atoms with Crippen molar-refractivity contribution in [1.29, 1.82) is 0 Å². The van der Waals surface area contributed by atoms with E-state index in [-0.39, 0.29) is 11.9 Å². The maximum Gasteiger partial charge on any atom is 0.251 e. The number of methoxy groups -OCH3 is 1. The molecule has 1 aliphatic heterocycles. The van der Waals surface area contributed by atoms with Crippen LogP contribution in [0.4, 0.5) is 5.69 Å². The molecule has 1 saturated heterocycles. The molecule has 2 aromatic carbocycles. The molecule has 0 unspecified atom stereocenters. The highest BCUT2D eigenvalue weighted by Gasteiger charge is 2.39. The molecule has 0 spiro atoms. The van der Waals surface area contributed by atoms with Crippen molar-refractivity contribution in [2.24, 2.45) is 0 Å². The number of carbonyl (C=O) groups excluding carboxylic acids is 1. The summed E-state index contributed by atoms with van der Waals surface area (Å²) >= 11 is 0. The van der Waals surface area contributed by atoms with E-state index in [2.05, 4.69) is 37.2 Å². The number of anilines is 1. The van der Waals surface area contributed by atoms with Gasteiger partial charge >= 0.3 is 0 Å². The van der Waals surface area contributed by atoms with Gasteiger partial charge in [-0.05, 0) is 98.8 Å². The number of pyridine rings is 1. The van der Waals surface area contributed by atoms with Crippen molar-refractivity contribution < 1.29 is 13.9 Å². The number of aryl methyl sites for hydroxylation is 1. The number of ether oxygens (including phenoxy) is 1. The number of nitrogens with zero attached hydrogens (tertiary/aromatic N) is 3. The number of rotatable bonds is 7. The molecule has 0 saturated carbocycles. The van der Waals surface area contributed by atoms with Crippen LogP contribution in [0.1, 0.15) is 59.1 Å². The number of hydrogen-bond donors (Lipinski definition) is 3. The summed E-state index contributed by atoms with van der Waals surface area (Å²) < 4.78 is 11.6. The Bertz CT molecular complexity index is 1450. The zero-order valence-corrected chi connectivity index (χ0v) is 21.9. The Balaban J connectivity index is 1.23. The number of amides is 1. The normalized spacial score (nSPS) is 18.1. The lowest BCUT2D eigenvalue weighted by Gasteiger charge is -2.36. The predicted octanol–water partition coefficient (Wildman–Crippen LogP) is 4.64. The first-order chi connectivity index (χ1) is 19.1. The third-order valence-electron chi connectivity index (χ3n) is 7.70. The molecule has 3 heterocycles. The minimum atomic E-state index is -0.544. The Morgan fingerprint density at radius 1 is 1.08 bits per heavy atom. The monoisotopic (exact) mass is 524 g/mol. The van der Waals surface area contributed by atoms with Crippen LogP contribution in [0.3, 0.4) is 0 Å². The Hall–Kier alpha value is -4.24. The first-order valence-electron chi connectivity index (χ1n) is 13.4. The zero-order valence-electron chi connectivity index (χ0n) is 21.9. The second-order valence-electron chi connectivity index (χ2n) is 10.2. The fraction of sp³-hybridized carbons (Fsp3) is 0.333. The molecule has 1 aliphatic carbocycles. The molecule has 0 bridgehead atoms.